The van der Waals surface area contributed by atoms with Crippen LogP contribution < -0.4 is 5.32 Å². The third kappa shape index (κ3) is 4.76. The number of carbonyl (C=O) groups is 2. The molecule has 1 atom stereocenters. The second-order valence-electron chi connectivity index (χ2n) is 8.80. The zero-order valence-electron chi connectivity index (χ0n) is 20.3. The summed E-state index contributed by atoms with van der Waals surface area (Å²) in [5, 5.41) is 23.4. The summed E-state index contributed by atoms with van der Waals surface area (Å²) in [6, 6.07) is 16.8. The van der Waals surface area contributed by atoms with Gasteiger partial charge in [0.25, 0.3) is 5.91 Å². The zero-order valence-corrected chi connectivity index (χ0v) is 21.1. The van der Waals surface area contributed by atoms with Crippen molar-refractivity contribution >= 4 is 34.4 Å². The van der Waals surface area contributed by atoms with Gasteiger partial charge in [-0.15, -0.1) is 0 Å². The summed E-state index contributed by atoms with van der Waals surface area (Å²) >= 11 is 6.18. The summed E-state index contributed by atoms with van der Waals surface area (Å²) in [6.07, 6.45) is 3.63. The molecule has 2 aromatic heterocycles. The molecule has 1 amide bonds. The van der Waals surface area contributed by atoms with E-state index in [1.54, 1.807) is 18.4 Å². The van der Waals surface area contributed by atoms with Gasteiger partial charge in [0.1, 0.15) is 12.8 Å². The lowest BCUT2D eigenvalue weighted by molar-refractivity contribution is -0.135. The third-order valence-corrected chi connectivity index (χ3v) is 6.65. The highest BCUT2D eigenvalue weighted by atomic mass is 35.5. The Hall–Kier alpha value is -4.50. The Kier molecular flexibility index (Phi) is 6.93. The molecule has 2 aromatic carbocycles. The number of hydrogen-bond acceptors (Lipinski definition) is 6. The molecule has 0 saturated heterocycles. The van der Waals surface area contributed by atoms with Crippen LogP contribution in [-0.2, 0) is 20.7 Å². The van der Waals surface area contributed by atoms with Gasteiger partial charge in [0.2, 0.25) is 6.79 Å². The normalized spacial score (nSPS) is 13.5. The Balaban J connectivity index is 1.75. The molecule has 0 bridgehead atoms. The minimum Gasteiger partial charge on any atom is -0.505 e. The van der Waals surface area contributed by atoms with E-state index >= 15 is 0 Å². The summed E-state index contributed by atoms with van der Waals surface area (Å²) in [4.78, 5) is 27.8. The lowest BCUT2D eigenvalue weighted by atomic mass is 10.0. The van der Waals surface area contributed by atoms with Gasteiger partial charge in [-0.2, -0.15) is 0 Å². The molecule has 0 aliphatic carbocycles. The van der Waals surface area contributed by atoms with Crippen molar-refractivity contribution in [1.29, 1.82) is 0 Å². The number of allylic oxidation sites excluding steroid dienone is 1. The molecule has 9 nitrogen and oxygen atoms in total. The summed E-state index contributed by atoms with van der Waals surface area (Å²) in [5.41, 5.74) is 3.66. The number of aliphatic carboxylic acids is 1. The van der Waals surface area contributed by atoms with Crippen molar-refractivity contribution in [3.8, 4) is 17.0 Å². The Morgan fingerprint density at radius 2 is 1.89 bits per heavy atom. The quantitative estimate of drug-likeness (QED) is 0.297. The van der Waals surface area contributed by atoms with Crippen LogP contribution in [0, 0.1) is 6.92 Å². The minimum absolute atomic E-state index is 0.0898. The van der Waals surface area contributed by atoms with Crippen molar-refractivity contribution < 1.29 is 29.3 Å². The molecule has 1 unspecified atom stereocenters. The first-order valence-electron chi connectivity index (χ1n) is 11.8. The van der Waals surface area contributed by atoms with E-state index in [1.165, 1.54) is 6.20 Å². The molecule has 0 saturated carbocycles. The highest BCUT2D eigenvalue weighted by Crippen LogP contribution is 2.43. The maximum atomic E-state index is 12.6. The van der Waals surface area contributed by atoms with Gasteiger partial charge in [-0.3, -0.25) is 9.59 Å². The van der Waals surface area contributed by atoms with Gasteiger partial charge < -0.3 is 29.6 Å². The number of nitrogens with one attached hydrogen (secondary N) is 1. The maximum absolute atomic E-state index is 12.6. The van der Waals surface area contributed by atoms with Crippen LogP contribution in [0.1, 0.15) is 27.7 Å². The first-order valence-corrected chi connectivity index (χ1v) is 12.2. The standard InChI is InChI=1S/C28H24ClN3O6/c1-16-24-21(12-30-25(27(24)35)28(36)31-13-23(33)34)32(26(16)18-7-9-19(29)10-8-18)20(22-14-37-15-38-22)11-17-5-3-2-4-6-17/h2-10,12,14,20,35H,11,13,15H2,1H3,(H,31,36)(H,33,34). The molecule has 3 heterocycles. The smallest absolute Gasteiger partial charge is 0.322 e. The molecule has 38 heavy (non-hydrogen) atoms. The van der Waals surface area contributed by atoms with Gasteiger partial charge in [-0.1, -0.05) is 54.1 Å². The van der Waals surface area contributed by atoms with E-state index in [2.05, 4.69) is 10.3 Å². The number of carboxylic acid groups (broad SMARTS) is 1. The minimum atomic E-state index is -1.21. The van der Waals surface area contributed by atoms with Crippen molar-refractivity contribution in [1.82, 2.24) is 14.9 Å². The molecular formula is C28H24ClN3O6. The van der Waals surface area contributed by atoms with Crippen molar-refractivity contribution in [3.63, 3.8) is 0 Å². The first-order chi connectivity index (χ1) is 18.3. The Bertz CT molecular complexity index is 1550. The van der Waals surface area contributed by atoms with Crippen molar-refractivity contribution in [2.45, 2.75) is 19.4 Å². The number of aryl methyl sites for hydroxylation is 1. The van der Waals surface area contributed by atoms with Gasteiger partial charge in [0, 0.05) is 16.8 Å². The number of halogens is 1. The summed E-state index contributed by atoms with van der Waals surface area (Å²) in [6.45, 7) is 1.34. The van der Waals surface area contributed by atoms with Crippen molar-refractivity contribution in [2.75, 3.05) is 13.3 Å². The van der Waals surface area contributed by atoms with Crippen LogP contribution in [0.25, 0.3) is 22.2 Å². The number of fused-ring (bicyclic) bond motifs is 1. The molecule has 0 fully saturated rings. The van der Waals surface area contributed by atoms with Crippen LogP contribution in [0.2, 0.25) is 5.02 Å². The summed E-state index contributed by atoms with van der Waals surface area (Å²) in [7, 11) is 0. The number of rotatable bonds is 8. The summed E-state index contributed by atoms with van der Waals surface area (Å²) in [5.74, 6) is -1.73. The molecule has 4 aromatic rings. The fourth-order valence-corrected chi connectivity index (χ4v) is 4.87. The van der Waals surface area contributed by atoms with Crippen LogP contribution >= 0.6 is 11.6 Å². The lowest BCUT2D eigenvalue weighted by Crippen LogP contribution is -2.29. The Morgan fingerprint density at radius 1 is 1.16 bits per heavy atom. The highest BCUT2D eigenvalue weighted by molar-refractivity contribution is 6.30. The Labute approximate surface area is 222 Å². The average Bonchev–Trinajstić information content (AvgIpc) is 3.54. The van der Waals surface area contributed by atoms with Crippen LogP contribution in [0.4, 0.5) is 0 Å². The van der Waals surface area contributed by atoms with E-state index < -0.39 is 18.4 Å². The molecular weight excluding hydrogens is 510 g/mol. The SMILES string of the molecule is Cc1c(-c2ccc(Cl)cc2)n(C(Cc2ccccc2)C2=COCO2)c2cnc(C(=O)NCC(=O)O)c(O)c12. The number of ether oxygens (including phenoxy) is 2. The third-order valence-electron chi connectivity index (χ3n) is 6.40. The van der Waals surface area contributed by atoms with E-state index in [4.69, 9.17) is 26.2 Å². The van der Waals surface area contributed by atoms with Gasteiger partial charge in [-0.05, 0) is 35.7 Å². The van der Waals surface area contributed by atoms with E-state index in [1.807, 2.05) is 54.0 Å². The van der Waals surface area contributed by atoms with E-state index in [9.17, 15) is 14.7 Å². The van der Waals surface area contributed by atoms with Gasteiger partial charge in [0.15, 0.2) is 17.2 Å². The predicted molar refractivity (Wildman–Crippen MR) is 141 cm³/mol. The zero-order chi connectivity index (χ0) is 26.8. The molecule has 0 radical (unpaired) electrons. The second-order valence-corrected chi connectivity index (χ2v) is 9.23. The number of aromatic nitrogens is 2. The molecule has 10 heteroatoms. The van der Waals surface area contributed by atoms with Crippen molar-refractivity contribution in [3.05, 3.63) is 94.7 Å². The number of amides is 1. The van der Waals surface area contributed by atoms with E-state index in [-0.39, 0.29) is 24.3 Å². The monoisotopic (exact) mass is 533 g/mol. The number of aromatic hydroxyl groups is 1. The fourth-order valence-electron chi connectivity index (χ4n) is 4.74. The highest BCUT2D eigenvalue weighted by Gasteiger charge is 2.31. The van der Waals surface area contributed by atoms with Gasteiger partial charge in [-0.25, -0.2) is 4.98 Å². The number of nitrogens with zero attached hydrogens (tertiary/aromatic N) is 2. The summed E-state index contributed by atoms with van der Waals surface area (Å²) < 4.78 is 13.3. The van der Waals surface area contributed by atoms with Crippen LogP contribution in [0.15, 0.2) is 72.8 Å². The lowest BCUT2D eigenvalue weighted by Gasteiger charge is -2.23. The van der Waals surface area contributed by atoms with E-state index in [0.29, 0.717) is 33.7 Å². The van der Waals surface area contributed by atoms with E-state index in [0.717, 1.165) is 16.8 Å². The maximum Gasteiger partial charge on any atom is 0.322 e. The largest absolute Gasteiger partial charge is 0.505 e. The number of carbonyl (C=O) groups excluding carboxylic acids is 1. The molecule has 1 aliphatic rings. The second kappa shape index (κ2) is 10.5. The Morgan fingerprint density at radius 3 is 2.55 bits per heavy atom. The molecule has 194 valence electrons. The first kappa shape index (κ1) is 25.2. The molecule has 0 spiro atoms. The molecule has 5 rings (SSSR count). The molecule has 3 N–H and O–H groups in total. The van der Waals surface area contributed by atoms with Gasteiger partial charge >= 0.3 is 5.97 Å². The fraction of sp³-hybridized carbons (Fsp3) is 0.179. The average molecular weight is 534 g/mol. The van der Waals surface area contributed by atoms with Crippen LogP contribution in [0.5, 0.6) is 5.75 Å². The van der Waals surface area contributed by atoms with Crippen molar-refractivity contribution in [2.24, 2.45) is 0 Å². The van der Waals surface area contributed by atoms with Crippen LogP contribution in [0.3, 0.4) is 0 Å². The van der Waals surface area contributed by atoms with Crippen LogP contribution in [-0.4, -0.2) is 45.0 Å². The number of hydrogen-bond donors (Lipinski definition) is 3. The molecule has 1 aliphatic heterocycles. The number of benzene rings is 2. The van der Waals surface area contributed by atoms with Gasteiger partial charge in [0.05, 0.1) is 23.4 Å². The predicted octanol–water partition coefficient (Wildman–Crippen LogP) is 4.81. The number of carboxylic acids is 1. The number of pyridine rings is 1. The topological polar surface area (TPSA) is 123 Å².